The van der Waals surface area contributed by atoms with E-state index >= 15 is 0 Å². The number of benzene rings is 2. The summed E-state index contributed by atoms with van der Waals surface area (Å²) in [6, 6.07) is 12.4. The second-order valence-corrected chi connectivity index (χ2v) is 10.2. The maximum atomic E-state index is 13.2. The number of ketones is 1. The maximum absolute atomic E-state index is 13.2. The van der Waals surface area contributed by atoms with Crippen LogP contribution in [0.3, 0.4) is 0 Å². The molecule has 1 aliphatic rings. The van der Waals surface area contributed by atoms with Crippen LogP contribution in [0.5, 0.6) is 0 Å². The van der Waals surface area contributed by atoms with Crippen LogP contribution in [0.1, 0.15) is 34.5 Å². The van der Waals surface area contributed by atoms with Gasteiger partial charge in [-0.05, 0) is 24.6 Å². The first-order valence-electron chi connectivity index (χ1n) is 10.5. The maximum Gasteiger partial charge on any atom is 0.277 e. The average Bonchev–Trinajstić information content (AvgIpc) is 3.18. The molecule has 1 atom stereocenters. The van der Waals surface area contributed by atoms with Crippen molar-refractivity contribution < 1.29 is 17.9 Å². The molecule has 0 spiro atoms. The van der Waals surface area contributed by atoms with Crippen LogP contribution in [0, 0.1) is 0 Å². The van der Waals surface area contributed by atoms with E-state index in [2.05, 4.69) is 5.10 Å². The highest BCUT2D eigenvalue weighted by Gasteiger charge is 2.31. The highest BCUT2D eigenvalue weighted by molar-refractivity contribution is 7.90. The van der Waals surface area contributed by atoms with Crippen molar-refractivity contribution in [3.05, 3.63) is 80.7 Å². The standard InChI is InChI=1S/C23H24ClN3O5S/c1-3-27-23(29)17(13-25-27)22(28)16-9-10-19(33(2,30)31)21(20(16)24)26-11-12-32-18(14-26)15-7-5-4-6-8-15/h4-10,13,18,25H,3,11-12,14H2,1-2H3. The van der Waals surface area contributed by atoms with Crippen molar-refractivity contribution in [3.63, 3.8) is 0 Å². The summed E-state index contributed by atoms with van der Waals surface area (Å²) in [6.07, 6.45) is 2.16. The van der Waals surface area contributed by atoms with E-state index in [1.807, 2.05) is 35.2 Å². The summed E-state index contributed by atoms with van der Waals surface area (Å²) >= 11 is 6.70. The monoisotopic (exact) mass is 489 g/mol. The van der Waals surface area contributed by atoms with Crippen molar-refractivity contribution in [2.24, 2.45) is 0 Å². The Kier molecular flexibility index (Phi) is 6.47. The molecule has 8 nitrogen and oxygen atoms in total. The normalized spacial score (nSPS) is 16.7. The molecule has 4 rings (SSSR count). The number of nitrogens with one attached hydrogen (secondary N) is 1. The molecule has 1 saturated heterocycles. The Morgan fingerprint density at radius 1 is 1.18 bits per heavy atom. The molecule has 0 amide bonds. The van der Waals surface area contributed by atoms with E-state index < -0.39 is 21.2 Å². The van der Waals surface area contributed by atoms with Crippen LogP contribution in [0.2, 0.25) is 5.02 Å². The summed E-state index contributed by atoms with van der Waals surface area (Å²) in [5.74, 6) is -0.567. The van der Waals surface area contributed by atoms with E-state index in [1.54, 1.807) is 6.92 Å². The number of hydrogen-bond donors (Lipinski definition) is 1. The zero-order valence-corrected chi connectivity index (χ0v) is 19.8. The van der Waals surface area contributed by atoms with Crippen LogP contribution >= 0.6 is 11.6 Å². The lowest BCUT2D eigenvalue weighted by Crippen LogP contribution is -2.39. The molecule has 3 aromatic rings. The van der Waals surface area contributed by atoms with Crippen molar-refractivity contribution in [3.8, 4) is 0 Å². The Morgan fingerprint density at radius 3 is 2.55 bits per heavy atom. The third kappa shape index (κ3) is 4.48. The lowest BCUT2D eigenvalue weighted by Gasteiger charge is -2.36. The Hall–Kier alpha value is -2.88. The Morgan fingerprint density at radius 2 is 1.91 bits per heavy atom. The lowest BCUT2D eigenvalue weighted by atomic mass is 10.0. The van der Waals surface area contributed by atoms with Crippen LogP contribution in [0.25, 0.3) is 0 Å². The SMILES string of the molecule is CCn1[nH]cc(C(=O)c2ccc(S(C)(=O)=O)c(N3CCOC(c4ccccc4)C3)c2Cl)c1=O. The third-order valence-electron chi connectivity index (χ3n) is 5.68. The molecule has 1 unspecified atom stereocenters. The molecule has 2 heterocycles. The minimum atomic E-state index is -3.65. The summed E-state index contributed by atoms with van der Waals surface area (Å²) in [4.78, 5) is 27.5. The molecular formula is C23H24ClN3O5S. The topological polar surface area (TPSA) is 101 Å². The first-order chi connectivity index (χ1) is 15.7. The number of aromatic nitrogens is 2. The molecule has 0 radical (unpaired) electrons. The summed E-state index contributed by atoms with van der Waals surface area (Å²) < 4.78 is 32.4. The molecule has 1 fully saturated rings. The number of hydrogen-bond acceptors (Lipinski definition) is 6. The fraction of sp³-hybridized carbons (Fsp3) is 0.304. The van der Waals surface area contributed by atoms with Gasteiger partial charge < -0.3 is 14.7 Å². The third-order valence-corrected chi connectivity index (χ3v) is 7.19. The first-order valence-corrected chi connectivity index (χ1v) is 12.8. The molecule has 33 heavy (non-hydrogen) atoms. The number of H-pyrrole nitrogens is 1. The molecule has 2 aromatic carbocycles. The quantitative estimate of drug-likeness (QED) is 0.534. The van der Waals surface area contributed by atoms with Gasteiger partial charge in [0.15, 0.2) is 9.84 Å². The summed E-state index contributed by atoms with van der Waals surface area (Å²) in [5, 5.41) is 2.75. The minimum absolute atomic E-state index is 0.000264. The lowest BCUT2D eigenvalue weighted by molar-refractivity contribution is 0.0396. The molecule has 10 heteroatoms. The van der Waals surface area contributed by atoms with Gasteiger partial charge in [-0.15, -0.1) is 0 Å². The molecular weight excluding hydrogens is 466 g/mol. The van der Waals surface area contributed by atoms with Gasteiger partial charge in [-0.2, -0.15) is 0 Å². The van der Waals surface area contributed by atoms with E-state index in [4.69, 9.17) is 16.3 Å². The molecule has 0 bridgehead atoms. The van der Waals surface area contributed by atoms with Crippen molar-refractivity contribution in [2.75, 3.05) is 30.9 Å². The number of anilines is 1. The molecule has 0 saturated carbocycles. The van der Waals surface area contributed by atoms with Gasteiger partial charge in [0, 0.05) is 37.7 Å². The number of carbonyl (C=O) groups excluding carboxylic acids is 1. The molecule has 1 N–H and O–H groups in total. The van der Waals surface area contributed by atoms with Gasteiger partial charge >= 0.3 is 0 Å². The van der Waals surface area contributed by atoms with Crippen molar-refractivity contribution in [1.29, 1.82) is 0 Å². The van der Waals surface area contributed by atoms with Gasteiger partial charge in [-0.25, -0.2) is 8.42 Å². The minimum Gasteiger partial charge on any atom is -0.370 e. The van der Waals surface area contributed by atoms with E-state index in [0.29, 0.717) is 26.2 Å². The van der Waals surface area contributed by atoms with Gasteiger partial charge in [0.25, 0.3) is 5.56 Å². The number of rotatable bonds is 6. The van der Waals surface area contributed by atoms with Gasteiger partial charge in [-0.3, -0.25) is 14.3 Å². The van der Waals surface area contributed by atoms with E-state index in [-0.39, 0.29) is 32.8 Å². The fourth-order valence-electron chi connectivity index (χ4n) is 3.99. The molecule has 1 aliphatic heterocycles. The van der Waals surface area contributed by atoms with E-state index in [1.165, 1.54) is 23.0 Å². The first kappa shape index (κ1) is 23.3. The van der Waals surface area contributed by atoms with Crippen LogP contribution in [0.15, 0.2) is 58.4 Å². The number of halogens is 1. The van der Waals surface area contributed by atoms with Gasteiger partial charge in [0.05, 0.1) is 22.2 Å². The molecule has 174 valence electrons. The van der Waals surface area contributed by atoms with Gasteiger partial charge in [0.2, 0.25) is 5.78 Å². The van der Waals surface area contributed by atoms with Crippen LogP contribution in [0.4, 0.5) is 5.69 Å². The van der Waals surface area contributed by atoms with Crippen LogP contribution in [-0.4, -0.2) is 49.9 Å². The Bertz CT molecular complexity index is 1350. The van der Waals surface area contributed by atoms with Crippen molar-refractivity contribution in [1.82, 2.24) is 9.78 Å². The fourth-order valence-corrected chi connectivity index (χ4v) is 5.31. The highest BCUT2D eigenvalue weighted by atomic mass is 35.5. The second-order valence-electron chi connectivity index (χ2n) is 7.83. The van der Waals surface area contributed by atoms with Gasteiger partial charge in [0.1, 0.15) is 11.7 Å². The summed E-state index contributed by atoms with van der Waals surface area (Å²) in [7, 11) is -3.65. The summed E-state index contributed by atoms with van der Waals surface area (Å²) in [5.41, 5.74) is 0.768. The zero-order valence-electron chi connectivity index (χ0n) is 18.2. The number of carbonyl (C=O) groups is 1. The molecule has 0 aliphatic carbocycles. The second kappa shape index (κ2) is 9.17. The Balaban J connectivity index is 1.80. The number of sulfone groups is 1. The predicted molar refractivity (Wildman–Crippen MR) is 126 cm³/mol. The number of aromatic amines is 1. The number of ether oxygens (including phenoxy) is 1. The van der Waals surface area contributed by atoms with Gasteiger partial charge in [-0.1, -0.05) is 41.9 Å². The smallest absolute Gasteiger partial charge is 0.277 e. The largest absolute Gasteiger partial charge is 0.370 e. The highest BCUT2D eigenvalue weighted by Crippen LogP contribution is 2.39. The van der Waals surface area contributed by atoms with E-state index in [0.717, 1.165) is 11.8 Å². The predicted octanol–water partition coefficient (Wildman–Crippen LogP) is 3.06. The van der Waals surface area contributed by atoms with Crippen molar-refractivity contribution >= 4 is 32.9 Å². The van der Waals surface area contributed by atoms with Crippen LogP contribution in [-0.2, 0) is 21.1 Å². The van der Waals surface area contributed by atoms with Crippen molar-refractivity contribution in [2.45, 2.75) is 24.5 Å². The average molecular weight is 490 g/mol. The number of nitrogens with zero attached hydrogens (tertiary/aromatic N) is 2. The van der Waals surface area contributed by atoms with E-state index in [9.17, 15) is 18.0 Å². The number of morpholine rings is 1. The summed E-state index contributed by atoms with van der Waals surface area (Å²) in [6.45, 7) is 3.27. The van der Waals surface area contributed by atoms with Crippen LogP contribution < -0.4 is 10.5 Å². The Labute approximate surface area is 196 Å². The number of aryl methyl sites for hydroxylation is 1. The molecule has 1 aromatic heterocycles. The zero-order chi connectivity index (χ0) is 23.8.